The lowest BCUT2D eigenvalue weighted by Gasteiger charge is -2.39. The number of benzene rings is 2. The van der Waals surface area contributed by atoms with Crippen molar-refractivity contribution >= 4 is 35.4 Å². The number of carbonyl (C=O) groups excluding carboxylic acids is 3. The second kappa shape index (κ2) is 12.6. The van der Waals surface area contributed by atoms with Crippen LogP contribution in [-0.4, -0.2) is 96.3 Å². The number of piperazine rings is 2. The first-order valence-electron chi connectivity index (χ1n) is 13.0. The molecule has 0 aliphatic carbocycles. The van der Waals surface area contributed by atoms with Gasteiger partial charge < -0.3 is 19.4 Å². The van der Waals surface area contributed by atoms with Crippen LogP contribution in [0.1, 0.15) is 35.3 Å². The number of hydrogen-bond donors (Lipinski definition) is 0. The summed E-state index contributed by atoms with van der Waals surface area (Å²) in [7, 11) is 1.50. The van der Waals surface area contributed by atoms with Crippen LogP contribution in [0.3, 0.4) is 0 Å². The molecule has 2 saturated heterocycles. The van der Waals surface area contributed by atoms with Gasteiger partial charge in [-0.25, -0.2) is 4.39 Å². The van der Waals surface area contributed by atoms with Crippen molar-refractivity contribution in [1.82, 2.24) is 19.6 Å². The number of methoxy groups -OCH3 is 1. The van der Waals surface area contributed by atoms with Crippen LogP contribution < -0.4 is 4.74 Å². The Hall–Kier alpha value is -3.43. The molecule has 2 fully saturated rings. The zero-order valence-corrected chi connectivity index (χ0v) is 23.3. The Balaban J connectivity index is 1.45. The van der Waals surface area contributed by atoms with Crippen molar-refractivity contribution in [3.05, 3.63) is 70.0 Å². The van der Waals surface area contributed by atoms with Gasteiger partial charge in [0.2, 0.25) is 11.8 Å². The fourth-order valence-electron chi connectivity index (χ4n) is 5.05. The van der Waals surface area contributed by atoms with E-state index in [1.807, 2.05) is 11.8 Å². The van der Waals surface area contributed by atoms with Crippen molar-refractivity contribution in [3.8, 4) is 5.75 Å². The van der Waals surface area contributed by atoms with Crippen LogP contribution >= 0.6 is 11.6 Å². The quantitative estimate of drug-likeness (QED) is 0.509. The van der Waals surface area contributed by atoms with E-state index in [1.165, 1.54) is 32.2 Å². The van der Waals surface area contributed by atoms with Crippen LogP contribution in [0.5, 0.6) is 5.75 Å². The molecule has 0 saturated carbocycles. The summed E-state index contributed by atoms with van der Waals surface area (Å²) >= 11 is 6.36. The predicted molar refractivity (Wildman–Crippen MR) is 148 cm³/mol. The lowest BCUT2D eigenvalue weighted by molar-refractivity contribution is -0.131. The van der Waals surface area contributed by atoms with Crippen LogP contribution in [-0.2, 0) is 16.1 Å². The van der Waals surface area contributed by atoms with Crippen molar-refractivity contribution in [3.63, 3.8) is 0 Å². The van der Waals surface area contributed by atoms with Gasteiger partial charge in [0.15, 0.2) is 0 Å². The van der Waals surface area contributed by atoms with E-state index in [1.54, 1.807) is 40.1 Å². The van der Waals surface area contributed by atoms with Gasteiger partial charge in [0.25, 0.3) is 5.91 Å². The summed E-state index contributed by atoms with van der Waals surface area (Å²) in [5.74, 6) is -0.219. The molecule has 0 radical (unpaired) electrons. The molecule has 0 N–H and O–H groups in total. The van der Waals surface area contributed by atoms with E-state index in [2.05, 4.69) is 4.90 Å². The maximum absolute atomic E-state index is 13.4. The van der Waals surface area contributed by atoms with Gasteiger partial charge in [0, 0.05) is 77.0 Å². The minimum absolute atomic E-state index is 0.0118. The molecule has 208 valence electrons. The zero-order valence-electron chi connectivity index (χ0n) is 22.5. The van der Waals surface area contributed by atoms with Crippen molar-refractivity contribution in [2.24, 2.45) is 0 Å². The molecule has 0 unspecified atom stereocenters. The number of amides is 3. The fourth-order valence-corrected chi connectivity index (χ4v) is 5.29. The molecule has 39 heavy (non-hydrogen) atoms. The molecule has 2 aliphatic heterocycles. The smallest absolute Gasteiger partial charge is 0.254 e. The van der Waals surface area contributed by atoms with Gasteiger partial charge in [0.1, 0.15) is 11.6 Å². The number of hydrogen-bond acceptors (Lipinski definition) is 5. The summed E-state index contributed by atoms with van der Waals surface area (Å²) in [5, 5.41) is 0.303. The van der Waals surface area contributed by atoms with Gasteiger partial charge in [-0.3, -0.25) is 19.3 Å². The maximum Gasteiger partial charge on any atom is 0.254 e. The highest BCUT2D eigenvalue weighted by molar-refractivity contribution is 6.32. The second-order valence-electron chi connectivity index (χ2n) is 9.95. The molecule has 2 aliphatic rings. The average molecular weight is 557 g/mol. The number of halogens is 2. The number of rotatable bonds is 6. The molecule has 10 heteroatoms. The van der Waals surface area contributed by atoms with Gasteiger partial charge in [-0.1, -0.05) is 23.7 Å². The Kier molecular flexibility index (Phi) is 9.24. The average Bonchev–Trinajstić information content (AvgIpc) is 2.93. The molecule has 3 amide bonds. The molecular weight excluding hydrogens is 523 g/mol. The molecule has 1 atom stereocenters. The largest absolute Gasteiger partial charge is 0.495 e. The summed E-state index contributed by atoms with van der Waals surface area (Å²) in [6, 6.07) is 9.69. The van der Waals surface area contributed by atoms with Crippen LogP contribution in [0, 0.1) is 5.82 Å². The van der Waals surface area contributed by atoms with Crippen molar-refractivity contribution < 1.29 is 23.5 Å². The SMILES string of the molecule is COc1cc(C=CC(=O)N2CCN(Cc3ccc(F)cc3)C[C@H]2C)c(C(=O)N2CCN(C(C)=O)CC2)cc1Cl. The van der Waals surface area contributed by atoms with Crippen molar-refractivity contribution in [2.45, 2.75) is 26.4 Å². The first-order valence-corrected chi connectivity index (χ1v) is 13.4. The topological polar surface area (TPSA) is 73.4 Å². The minimum atomic E-state index is -0.256. The molecular formula is C29H34ClFN4O4. The lowest BCUT2D eigenvalue weighted by Crippen LogP contribution is -2.53. The molecule has 4 rings (SSSR count). The normalized spacial score (nSPS) is 18.5. The molecule has 2 heterocycles. The molecule has 2 aromatic rings. The Labute approximate surface area is 233 Å². The molecule has 0 spiro atoms. The molecule has 0 bridgehead atoms. The van der Waals surface area contributed by atoms with Crippen molar-refractivity contribution in [2.75, 3.05) is 52.9 Å². The predicted octanol–water partition coefficient (Wildman–Crippen LogP) is 3.54. The van der Waals surface area contributed by atoms with Gasteiger partial charge in [-0.2, -0.15) is 0 Å². The Morgan fingerprint density at radius 2 is 1.69 bits per heavy atom. The van der Waals surface area contributed by atoms with Gasteiger partial charge in [0.05, 0.1) is 12.1 Å². The zero-order chi connectivity index (χ0) is 28.1. The summed E-state index contributed by atoms with van der Waals surface area (Å²) in [5.41, 5.74) is 1.93. The lowest BCUT2D eigenvalue weighted by atomic mass is 10.0. The molecule has 0 aromatic heterocycles. The summed E-state index contributed by atoms with van der Waals surface area (Å²) in [6.07, 6.45) is 3.12. The number of carbonyl (C=O) groups is 3. The van der Waals surface area contributed by atoms with Gasteiger partial charge >= 0.3 is 0 Å². The highest BCUT2D eigenvalue weighted by atomic mass is 35.5. The van der Waals surface area contributed by atoms with Crippen molar-refractivity contribution in [1.29, 1.82) is 0 Å². The third-order valence-corrected chi connectivity index (χ3v) is 7.58. The second-order valence-corrected chi connectivity index (χ2v) is 10.4. The minimum Gasteiger partial charge on any atom is -0.495 e. The van der Waals surface area contributed by atoms with Crippen LogP contribution in [0.25, 0.3) is 6.08 Å². The first kappa shape index (κ1) is 28.6. The van der Waals surface area contributed by atoms with E-state index in [-0.39, 0.29) is 29.6 Å². The van der Waals surface area contributed by atoms with E-state index in [9.17, 15) is 18.8 Å². The standard InChI is InChI=1S/C29H34ClFN4O4/c1-20-18-32(19-22-4-7-24(31)8-5-22)10-15-35(20)28(37)9-6-23-16-27(39-3)26(30)17-25(23)29(38)34-13-11-33(12-14-34)21(2)36/h4-9,16-17,20H,10-15,18-19H2,1-3H3/t20-/m1/s1. The van der Waals surface area contributed by atoms with E-state index in [0.717, 1.165) is 5.56 Å². The Morgan fingerprint density at radius 1 is 1.03 bits per heavy atom. The Bertz CT molecular complexity index is 1240. The highest BCUT2D eigenvalue weighted by Crippen LogP contribution is 2.30. The van der Waals surface area contributed by atoms with E-state index in [0.29, 0.717) is 74.3 Å². The van der Waals surface area contributed by atoms with Crippen LogP contribution in [0.15, 0.2) is 42.5 Å². The molecule has 2 aromatic carbocycles. The first-order chi connectivity index (χ1) is 18.7. The van der Waals surface area contributed by atoms with Crippen LogP contribution in [0.4, 0.5) is 4.39 Å². The Morgan fingerprint density at radius 3 is 2.31 bits per heavy atom. The highest BCUT2D eigenvalue weighted by Gasteiger charge is 2.28. The summed E-state index contributed by atoms with van der Waals surface area (Å²) in [4.78, 5) is 45.7. The van der Waals surface area contributed by atoms with Crippen LogP contribution in [0.2, 0.25) is 5.02 Å². The number of nitrogens with zero attached hydrogens (tertiary/aromatic N) is 4. The fraction of sp³-hybridized carbons (Fsp3) is 0.414. The summed E-state index contributed by atoms with van der Waals surface area (Å²) < 4.78 is 18.6. The van der Waals surface area contributed by atoms with Gasteiger partial charge in [-0.15, -0.1) is 0 Å². The monoisotopic (exact) mass is 556 g/mol. The van der Waals surface area contributed by atoms with E-state index in [4.69, 9.17) is 16.3 Å². The molecule has 8 nitrogen and oxygen atoms in total. The maximum atomic E-state index is 13.4. The third kappa shape index (κ3) is 6.96. The van der Waals surface area contributed by atoms with Gasteiger partial charge in [-0.05, 0) is 48.4 Å². The van der Waals surface area contributed by atoms with E-state index < -0.39 is 0 Å². The summed E-state index contributed by atoms with van der Waals surface area (Å²) in [6.45, 7) is 7.96. The third-order valence-electron chi connectivity index (χ3n) is 7.29. The number of ether oxygens (including phenoxy) is 1. The van der Waals surface area contributed by atoms with E-state index >= 15 is 0 Å².